The van der Waals surface area contributed by atoms with Crippen LogP contribution >= 0.6 is 11.3 Å². The molecule has 0 radical (unpaired) electrons. The van der Waals surface area contributed by atoms with Crippen molar-refractivity contribution in [1.82, 2.24) is 10.3 Å². The lowest BCUT2D eigenvalue weighted by Gasteiger charge is -2.00. The highest BCUT2D eigenvalue weighted by atomic mass is 32.1. The summed E-state index contributed by atoms with van der Waals surface area (Å²) in [5.41, 5.74) is 2.33. The van der Waals surface area contributed by atoms with E-state index in [0.717, 1.165) is 35.7 Å². The Hall–Kier alpha value is -1.39. The van der Waals surface area contributed by atoms with Gasteiger partial charge in [-0.15, -0.1) is 11.3 Å². The fourth-order valence-corrected chi connectivity index (χ4v) is 2.59. The molecule has 0 atom stereocenters. The minimum atomic E-state index is 0.879. The van der Waals surface area contributed by atoms with E-state index in [1.165, 1.54) is 5.69 Å². The number of ether oxygens (including phenoxy) is 1. The molecule has 0 amide bonds. The van der Waals surface area contributed by atoms with Gasteiger partial charge in [-0.25, -0.2) is 4.98 Å². The molecule has 0 spiro atoms. The monoisotopic (exact) mass is 262 g/mol. The Morgan fingerprint density at radius 1 is 1.28 bits per heavy atom. The van der Waals surface area contributed by atoms with E-state index in [1.807, 2.05) is 19.2 Å². The summed E-state index contributed by atoms with van der Waals surface area (Å²) >= 11 is 1.70. The predicted octanol–water partition coefficient (Wildman–Crippen LogP) is 2.97. The highest BCUT2D eigenvalue weighted by Crippen LogP contribution is 2.25. The number of aryl methyl sites for hydroxylation is 1. The molecule has 0 aliphatic rings. The van der Waals surface area contributed by atoms with Crippen LogP contribution in [0.15, 0.2) is 29.6 Å². The number of hydrogen-bond donors (Lipinski definition) is 1. The van der Waals surface area contributed by atoms with Crippen LogP contribution in [0.25, 0.3) is 10.6 Å². The van der Waals surface area contributed by atoms with Gasteiger partial charge in [0.1, 0.15) is 10.8 Å². The largest absolute Gasteiger partial charge is 0.497 e. The lowest BCUT2D eigenvalue weighted by atomic mass is 10.2. The minimum absolute atomic E-state index is 0.879. The van der Waals surface area contributed by atoms with Crippen molar-refractivity contribution in [3.8, 4) is 16.3 Å². The summed E-state index contributed by atoms with van der Waals surface area (Å²) in [6.45, 7) is 1.04. The van der Waals surface area contributed by atoms with Gasteiger partial charge in [0.15, 0.2) is 0 Å². The van der Waals surface area contributed by atoms with Crippen LogP contribution in [0.1, 0.15) is 12.1 Å². The van der Waals surface area contributed by atoms with E-state index in [9.17, 15) is 0 Å². The quantitative estimate of drug-likeness (QED) is 0.813. The maximum absolute atomic E-state index is 5.15. The van der Waals surface area contributed by atoms with Gasteiger partial charge in [0.05, 0.1) is 12.8 Å². The molecule has 0 saturated heterocycles. The molecule has 0 unspecified atom stereocenters. The lowest BCUT2D eigenvalue weighted by molar-refractivity contribution is 0.415. The van der Waals surface area contributed by atoms with Gasteiger partial charge in [0.2, 0.25) is 0 Å². The number of thiazole rings is 1. The fraction of sp³-hybridized carbons (Fsp3) is 0.357. The summed E-state index contributed by atoms with van der Waals surface area (Å²) in [5, 5.41) is 6.38. The van der Waals surface area contributed by atoms with Gasteiger partial charge in [-0.2, -0.15) is 0 Å². The summed E-state index contributed by atoms with van der Waals surface area (Å²) < 4.78 is 5.15. The third-order valence-electron chi connectivity index (χ3n) is 2.75. The Labute approximate surface area is 112 Å². The summed E-state index contributed by atoms with van der Waals surface area (Å²) in [7, 11) is 3.65. The third-order valence-corrected chi connectivity index (χ3v) is 3.69. The molecule has 0 fully saturated rings. The van der Waals surface area contributed by atoms with Gasteiger partial charge in [-0.1, -0.05) is 0 Å². The molecule has 1 N–H and O–H groups in total. The van der Waals surface area contributed by atoms with Crippen LogP contribution < -0.4 is 10.1 Å². The van der Waals surface area contributed by atoms with E-state index in [0.29, 0.717) is 0 Å². The maximum Gasteiger partial charge on any atom is 0.123 e. The molecule has 1 aromatic heterocycles. The first-order chi connectivity index (χ1) is 8.83. The first-order valence-electron chi connectivity index (χ1n) is 6.07. The Morgan fingerprint density at radius 3 is 2.72 bits per heavy atom. The Morgan fingerprint density at radius 2 is 2.06 bits per heavy atom. The van der Waals surface area contributed by atoms with Gasteiger partial charge in [0, 0.05) is 10.9 Å². The van der Waals surface area contributed by atoms with Gasteiger partial charge in [-0.05, 0) is 50.7 Å². The third kappa shape index (κ3) is 3.31. The Bertz CT molecular complexity index is 479. The average molecular weight is 262 g/mol. The molecule has 4 heteroatoms. The Balaban J connectivity index is 2.04. The molecular formula is C14H18N2OS. The molecular weight excluding hydrogens is 244 g/mol. The van der Waals surface area contributed by atoms with E-state index in [1.54, 1.807) is 18.4 Å². The van der Waals surface area contributed by atoms with Crippen LogP contribution in [0.5, 0.6) is 5.75 Å². The smallest absolute Gasteiger partial charge is 0.123 e. The summed E-state index contributed by atoms with van der Waals surface area (Å²) in [4.78, 5) is 4.66. The van der Waals surface area contributed by atoms with Crippen LogP contribution in [0, 0.1) is 0 Å². The van der Waals surface area contributed by atoms with Crippen molar-refractivity contribution < 1.29 is 4.74 Å². The SMILES string of the molecule is CNCCCc1csc(-c2ccc(OC)cc2)n1. The second-order valence-corrected chi connectivity index (χ2v) is 4.94. The molecule has 2 aromatic rings. The van der Waals surface area contributed by atoms with Gasteiger partial charge >= 0.3 is 0 Å². The first kappa shape index (κ1) is 13.1. The zero-order valence-electron chi connectivity index (χ0n) is 10.8. The predicted molar refractivity (Wildman–Crippen MR) is 76.3 cm³/mol. The number of methoxy groups -OCH3 is 1. The fourth-order valence-electron chi connectivity index (χ4n) is 1.73. The van der Waals surface area contributed by atoms with Crippen LogP contribution in [-0.2, 0) is 6.42 Å². The van der Waals surface area contributed by atoms with Gasteiger partial charge < -0.3 is 10.1 Å². The highest BCUT2D eigenvalue weighted by molar-refractivity contribution is 7.13. The second kappa shape index (κ2) is 6.52. The first-order valence-corrected chi connectivity index (χ1v) is 6.95. The zero-order chi connectivity index (χ0) is 12.8. The number of rotatable bonds is 6. The van der Waals surface area contributed by atoms with Crippen molar-refractivity contribution in [2.75, 3.05) is 20.7 Å². The number of benzene rings is 1. The molecule has 0 aliphatic heterocycles. The van der Waals surface area contributed by atoms with Crippen LogP contribution in [0.4, 0.5) is 0 Å². The molecule has 96 valence electrons. The minimum Gasteiger partial charge on any atom is -0.497 e. The van der Waals surface area contributed by atoms with E-state index in [4.69, 9.17) is 4.74 Å². The van der Waals surface area contributed by atoms with Crippen molar-refractivity contribution in [1.29, 1.82) is 0 Å². The summed E-state index contributed by atoms with van der Waals surface area (Å²) in [5.74, 6) is 0.879. The molecule has 1 aromatic carbocycles. The number of nitrogens with one attached hydrogen (secondary N) is 1. The number of nitrogens with zero attached hydrogens (tertiary/aromatic N) is 1. The summed E-state index contributed by atoms with van der Waals surface area (Å²) in [6.07, 6.45) is 2.16. The highest BCUT2D eigenvalue weighted by Gasteiger charge is 2.04. The molecule has 1 heterocycles. The number of hydrogen-bond acceptors (Lipinski definition) is 4. The average Bonchev–Trinajstić information content (AvgIpc) is 2.88. The van der Waals surface area contributed by atoms with Crippen LogP contribution in [0.3, 0.4) is 0 Å². The normalized spacial score (nSPS) is 10.6. The second-order valence-electron chi connectivity index (χ2n) is 4.08. The lowest BCUT2D eigenvalue weighted by Crippen LogP contribution is -2.08. The van der Waals surface area contributed by atoms with Crippen LogP contribution in [-0.4, -0.2) is 25.7 Å². The van der Waals surface area contributed by atoms with Crippen molar-refractivity contribution in [2.45, 2.75) is 12.8 Å². The molecule has 3 nitrogen and oxygen atoms in total. The van der Waals surface area contributed by atoms with E-state index in [-0.39, 0.29) is 0 Å². The van der Waals surface area contributed by atoms with E-state index >= 15 is 0 Å². The number of aromatic nitrogens is 1. The van der Waals surface area contributed by atoms with Crippen LogP contribution in [0.2, 0.25) is 0 Å². The molecule has 0 aliphatic carbocycles. The molecule has 2 rings (SSSR count). The van der Waals surface area contributed by atoms with Crippen molar-refractivity contribution >= 4 is 11.3 Å². The molecule has 0 saturated carbocycles. The van der Waals surface area contributed by atoms with Crippen molar-refractivity contribution in [2.24, 2.45) is 0 Å². The summed E-state index contributed by atoms with van der Waals surface area (Å²) in [6, 6.07) is 8.04. The molecule has 0 bridgehead atoms. The van der Waals surface area contributed by atoms with Gasteiger partial charge in [-0.3, -0.25) is 0 Å². The van der Waals surface area contributed by atoms with Crippen molar-refractivity contribution in [3.05, 3.63) is 35.3 Å². The van der Waals surface area contributed by atoms with Crippen molar-refractivity contribution in [3.63, 3.8) is 0 Å². The van der Waals surface area contributed by atoms with Gasteiger partial charge in [0.25, 0.3) is 0 Å². The maximum atomic E-state index is 5.15. The topological polar surface area (TPSA) is 34.1 Å². The zero-order valence-corrected chi connectivity index (χ0v) is 11.6. The van der Waals surface area contributed by atoms with E-state index in [2.05, 4.69) is 27.8 Å². The Kier molecular flexibility index (Phi) is 4.73. The van der Waals surface area contributed by atoms with E-state index < -0.39 is 0 Å². The molecule has 18 heavy (non-hydrogen) atoms. The standard InChI is InChI=1S/C14H18N2OS/c1-15-9-3-4-12-10-18-14(16-12)11-5-7-13(17-2)8-6-11/h5-8,10,15H,3-4,9H2,1-2H3.